The molecular weight excluding hydrogens is 1880 g/mol. The molecule has 145 heavy (non-hydrogen) atoms. The lowest BCUT2D eigenvalue weighted by atomic mass is 9.93. The monoisotopic (exact) mass is 1990 g/mol. The molecule has 36 nitrogen and oxygen atoms in total. The molecule has 2 aliphatic rings. The van der Waals surface area contributed by atoms with Gasteiger partial charge in [-0.05, 0) is 154 Å². The minimum absolute atomic E-state index is 0.0364. The molecule has 0 fully saturated rings. The highest BCUT2D eigenvalue weighted by atomic mass is 35.5. The maximum atomic E-state index is 12.7. The normalized spacial score (nSPS) is 11.9. The zero-order valence-corrected chi connectivity index (χ0v) is 81.6. The highest BCUT2D eigenvalue weighted by Gasteiger charge is 2.25. The Hall–Kier alpha value is -18.1. The van der Waals surface area contributed by atoms with E-state index in [-0.39, 0.29) is 89.3 Å². The largest absolute Gasteiger partial charge is 0.478 e. The van der Waals surface area contributed by atoms with Crippen LogP contribution in [0.3, 0.4) is 0 Å². The predicted molar refractivity (Wildman–Crippen MR) is 535 cm³/mol. The van der Waals surface area contributed by atoms with Gasteiger partial charge in [-0.3, -0.25) is 57.8 Å². The second kappa shape index (κ2) is 58.7. The van der Waals surface area contributed by atoms with E-state index in [9.17, 15) is 47.5 Å². The molecule has 0 radical (unpaired) electrons. The molecule has 748 valence electrons. The predicted octanol–water partition coefficient (Wildman–Crippen LogP) is 17.8. The number of esters is 4. The number of allylic oxidation sites excluding steroid dienone is 4. The summed E-state index contributed by atoms with van der Waals surface area (Å²) in [5.41, 5.74) is 15.6. The number of fused-ring (bicyclic) bond motifs is 1. The number of ether oxygens (including phenoxy) is 4. The molecular formula is C107H109ClFN19O17. The number of carbonyl (C=O) groups excluding carboxylic acids is 9. The number of amides is 1. The fourth-order valence-electron chi connectivity index (χ4n) is 13.5. The number of rotatable bonds is 27. The van der Waals surface area contributed by atoms with Gasteiger partial charge < -0.3 is 34.5 Å². The number of carboxylic acids is 2. The molecule has 2 aliphatic carbocycles. The number of aryl methyl sites for hydroxylation is 1. The fraction of sp³-hybridized carbons (Fsp3) is 0.206. The van der Waals surface area contributed by atoms with E-state index in [2.05, 4.69) is 101 Å². The maximum Gasteiger partial charge on any atom is 0.373 e. The Morgan fingerprint density at radius 3 is 1.13 bits per heavy atom. The second-order valence-corrected chi connectivity index (χ2v) is 31.6. The van der Waals surface area contributed by atoms with Crippen molar-refractivity contribution in [3.05, 3.63) is 441 Å². The molecule has 0 bridgehead atoms. The Labute approximate surface area is 839 Å². The molecule has 0 saturated heterocycles. The molecule has 6 N–H and O–H groups in total. The van der Waals surface area contributed by atoms with Crippen molar-refractivity contribution in [2.24, 2.45) is 0 Å². The van der Waals surface area contributed by atoms with Crippen molar-refractivity contribution in [2.75, 3.05) is 26.4 Å². The zero-order valence-electron chi connectivity index (χ0n) is 80.8. The number of aromatic carboxylic acids is 2. The fourth-order valence-corrected chi connectivity index (χ4v) is 13.6. The van der Waals surface area contributed by atoms with Gasteiger partial charge in [-0.25, -0.2) is 33.2 Å². The number of halogens is 2. The average Bonchev–Trinajstić information content (AvgIpc) is 1.66. The first kappa shape index (κ1) is 111. The van der Waals surface area contributed by atoms with Gasteiger partial charge in [-0.15, -0.1) is 0 Å². The quantitative estimate of drug-likeness (QED) is 0.0158. The van der Waals surface area contributed by atoms with Crippen LogP contribution in [0.1, 0.15) is 226 Å². The first-order chi connectivity index (χ1) is 70.1. The Morgan fingerprint density at radius 2 is 0.766 bits per heavy atom. The third-order valence-electron chi connectivity index (χ3n) is 21.3. The summed E-state index contributed by atoms with van der Waals surface area (Å²) in [5.74, 6) is -3.75. The van der Waals surface area contributed by atoms with Crippen LogP contribution in [-0.2, 0) is 59.3 Å². The standard InChI is InChI=1S/C26H21N3O2.2C14H16N2O2.C12H11ClN2O.C12H12N2O2.C11H9FN2O2.2C6H8N2O2.C5H8N2.CO2/c30-25-11-10-23(14-24(25)21-12-19-8-4-5-9-20(19)13-21)28-26(31)22-15-27-29(17-22)16-18-6-2-1-3-7-18;2*1-3-18-14(17)13-9-15-16(10-13)11(2)12-7-5-4-6-8-12;1-9(10-5-3-2-4-6-10)15-8-11(7-14-15)12(13)16;1-9(10-5-3-2-4-6-10)14-8-11(7-13-14)12(15)16;12-10-3-1-8(2-4-10)6-14-7-9(5-13-14)11(15)16;2*1-2-10-6(9)5-3-7-8-4-5;1-2-5-3-6-7-4-5;2-1-3/h1-10,12,14-15,17H,11,13,16H2,(H,28,31);2*4-11H,3H2,1-2H3;2-9H,1H3;2-9H,1H3,(H,15,16);1-5,7H,6H2,(H,15,16);2*3-4H,2H2,1H3,(H,7,8);3-4H,2H2,1H3,(H,6,7);/t;2*11-;2*9-;;;;;/m.1000...../s1. The second-order valence-electron chi connectivity index (χ2n) is 31.3. The summed E-state index contributed by atoms with van der Waals surface area (Å²) >= 11 is 5.37. The molecule has 16 aromatic rings. The number of hydrogen-bond acceptors (Lipinski definition) is 24. The van der Waals surface area contributed by atoms with Crippen LogP contribution >= 0.6 is 11.6 Å². The van der Waals surface area contributed by atoms with Gasteiger partial charge in [0.2, 0.25) is 0 Å². The summed E-state index contributed by atoms with van der Waals surface area (Å²) in [4.78, 5) is 119. The molecule has 7 aromatic carbocycles. The minimum Gasteiger partial charge on any atom is -0.478 e. The van der Waals surface area contributed by atoms with E-state index in [4.69, 9.17) is 40.9 Å². The van der Waals surface area contributed by atoms with E-state index < -0.39 is 17.2 Å². The molecule has 9 aromatic heterocycles. The smallest absolute Gasteiger partial charge is 0.373 e. The number of carboxylic acid groups (broad SMARTS) is 2. The van der Waals surface area contributed by atoms with Crippen molar-refractivity contribution in [3.8, 4) is 0 Å². The summed E-state index contributed by atoms with van der Waals surface area (Å²) < 4.78 is 42.0. The summed E-state index contributed by atoms with van der Waals surface area (Å²) in [6.45, 7) is 19.8. The molecule has 0 unspecified atom stereocenters. The van der Waals surface area contributed by atoms with Crippen LogP contribution in [0.4, 0.5) is 4.39 Å². The lowest BCUT2D eigenvalue weighted by Crippen LogP contribution is -2.24. The van der Waals surface area contributed by atoms with Gasteiger partial charge in [0.1, 0.15) is 5.82 Å². The van der Waals surface area contributed by atoms with E-state index >= 15 is 0 Å². The summed E-state index contributed by atoms with van der Waals surface area (Å²) in [6.07, 6.45) is 36.1. The molecule has 9 heterocycles. The molecule has 4 atom stereocenters. The van der Waals surface area contributed by atoms with Gasteiger partial charge >= 0.3 is 42.0 Å². The highest BCUT2D eigenvalue weighted by Crippen LogP contribution is 2.33. The third kappa shape index (κ3) is 35.6. The first-order valence-corrected chi connectivity index (χ1v) is 46.1. The summed E-state index contributed by atoms with van der Waals surface area (Å²) in [6, 6.07) is 64.3. The minimum atomic E-state index is -1.01. The van der Waals surface area contributed by atoms with Gasteiger partial charge in [0.25, 0.3) is 11.1 Å². The van der Waals surface area contributed by atoms with Gasteiger partial charge in [-0.1, -0.05) is 207 Å². The van der Waals surface area contributed by atoms with Crippen LogP contribution in [0.15, 0.2) is 341 Å². The van der Waals surface area contributed by atoms with E-state index in [0.717, 1.165) is 57.4 Å². The van der Waals surface area contributed by atoms with Gasteiger partial charge in [0.05, 0.1) is 164 Å². The number of Topliss-reactive ketones (excluding diaryl/α,β-unsaturated/α-hetero) is 1. The average molecular weight is 1990 g/mol. The summed E-state index contributed by atoms with van der Waals surface area (Å²) in [5, 5.41) is 63.5. The number of aromatic amines is 3. The van der Waals surface area contributed by atoms with Crippen molar-refractivity contribution < 1.29 is 86.3 Å². The highest BCUT2D eigenvalue weighted by molar-refractivity contribution is 6.67. The third-order valence-corrected chi connectivity index (χ3v) is 21.5. The molecule has 18 rings (SSSR count). The number of benzene rings is 7. The van der Waals surface area contributed by atoms with E-state index in [0.29, 0.717) is 84.2 Å². The van der Waals surface area contributed by atoms with Crippen molar-refractivity contribution in [3.63, 3.8) is 0 Å². The van der Waals surface area contributed by atoms with Crippen LogP contribution in [0.2, 0.25) is 0 Å². The van der Waals surface area contributed by atoms with Gasteiger partial charge in [0.15, 0.2) is 5.78 Å². The first-order valence-electron chi connectivity index (χ1n) is 45.7. The molecule has 0 saturated carbocycles. The van der Waals surface area contributed by atoms with Gasteiger partial charge in [-0.2, -0.15) is 55.5 Å². The number of carbonyl (C=O) groups is 9. The van der Waals surface area contributed by atoms with Crippen LogP contribution in [0.5, 0.6) is 0 Å². The van der Waals surface area contributed by atoms with Crippen LogP contribution < -0.4 is 5.32 Å². The van der Waals surface area contributed by atoms with Gasteiger partial charge in [0, 0.05) is 73.5 Å². The number of aromatic nitrogens is 18. The lowest BCUT2D eigenvalue weighted by molar-refractivity contribution is -0.191. The Morgan fingerprint density at radius 1 is 0.414 bits per heavy atom. The van der Waals surface area contributed by atoms with Crippen LogP contribution in [0, 0.1) is 5.82 Å². The topological polar surface area (TPSA) is 470 Å². The van der Waals surface area contributed by atoms with Crippen molar-refractivity contribution in [1.29, 1.82) is 0 Å². The Kier molecular flexibility index (Phi) is 44.7. The van der Waals surface area contributed by atoms with Crippen molar-refractivity contribution in [1.82, 2.24) is 94.6 Å². The number of hydrogen-bond donors (Lipinski definition) is 6. The number of ketones is 1. The molecule has 1 amide bonds. The van der Waals surface area contributed by atoms with E-state index in [1.54, 1.807) is 113 Å². The molecule has 38 heteroatoms. The van der Waals surface area contributed by atoms with Crippen molar-refractivity contribution in [2.45, 2.75) is 119 Å². The maximum absolute atomic E-state index is 12.7. The van der Waals surface area contributed by atoms with E-state index in [1.165, 1.54) is 89.9 Å². The van der Waals surface area contributed by atoms with E-state index in [1.807, 2.05) is 204 Å². The van der Waals surface area contributed by atoms with Crippen molar-refractivity contribution >= 4 is 76.6 Å². The lowest BCUT2D eigenvalue weighted by Gasteiger charge is -2.14. The molecule has 0 spiro atoms. The number of nitrogens with zero attached hydrogens (tertiary/aromatic N) is 15. The van der Waals surface area contributed by atoms with Crippen LogP contribution in [-0.4, -0.2) is 185 Å². The Balaban J connectivity index is 0.000000186. The Bertz CT molecular complexity index is 6640. The summed E-state index contributed by atoms with van der Waals surface area (Å²) in [7, 11) is 0. The number of nitrogens with one attached hydrogen (secondary N) is 4. The molecule has 0 aliphatic heterocycles. The van der Waals surface area contributed by atoms with Crippen LogP contribution in [0.25, 0.3) is 6.08 Å². The SMILES string of the molecule is CCOC(=O)c1cn[nH]c1.CCOC(=O)c1cn[nH]c1.CCOC(=O)c1cnn([C@@H](C)c2ccccc2)c1.CCOC(=O)c1cnn([C@H](C)c2ccccc2)c1.CCc1cn[nH]c1.C[C@@H](c1ccccc1)n1cc(C(=O)Cl)cn1.C[C@@H](c1ccccc1)n1cc(C(=O)O)cn1.O=C(O)c1cnn(Cc2ccc(F)cc2)c1.O=C1CC=C(NC(=O)c2cnn(Cc3ccccc3)c2)C=C1C1=Cc2ccccc2C1.O=C=O. The zero-order chi connectivity index (χ0) is 104. The number of H-pyrrole nitrogens is 3.